The highest BCUT2D eigenvalue weighted by Gasteiger charge is 2.30. The molecule has 1 amide bonds. The van der Waals surface area contributed by atoms with Gasteiger partial charge in [0.15, 0.2) is 5.03 Å². The fraction of sp³-hybridized carbons (Fsp3) is 0.333. The minimum Gasteiger partial charge on any atom is -0.337 e. The fourth-order valence-electron chi connectivity index (χ4n) is 3.70. The number of amides is 1. The van der Waals surface area contributed by atoms with Gasteiger partial charge in [0.25, 0.3) is 15.9 Å². The van der Waals surface area contributed by atoms with Gasteiger partial charge < -0.3 is 9.47 Å². The standard InChI is InChI=1S/C21H24N4O3S/c1-16-22-20(15-23(16)2)29(27,28)25-12-6-11-24(13-14-25)21(26)19-10-5-8-17-7-3-4-9-18(17)19/h3-5,7-10,15H,6,11-14H2,1-2H3. The van der Waals surface area contributed by atoms with Gasteiger partial charge in [0.1, 0.15) is 5.82 Å². The van der Waals surface area contributed by atoms with Crippen molar-refractivity contribution in [1.82, 2.24) is 18.8 Å². The molecule has 0 spiro atoms. The molecule has 29 heavy (non-hydrogen) atoms. The lowest BCUT2D eigenvalue weighted by atomic mass is 10.0. The molecule has 2 aromatic carbocycles. The summed E-state index contributed by atoms with van der Waals surface area (Å²) < 4.78 is 29.1. The average Bonchev–Trinajstić information content (AvgIpc) is 2.93. The molecule has 0 saturated carbocycles. The number of aryl methyl sites for hydroxylation is 2. The monoisotopic (exact) mass is 412 g/mol. The van der Waals surface area contributed by atoms with Crippen LogP contribution in [0.5, 0.6) is 0 Å². The molecule has 1 saturated heterocycles. The van der Waals surface area contributed by atoms with Crippen molar-refractivity contribution in [2.45, 2.75) is 18.4 Å². The van der Waals surface area contributed by atoms with Crippen molar-refractivity contribution < 1.29 is 13.2 Å². The molecular weight excluding hydrogens is 388 g/mol. The van der Waals surface area contributed by atoms with Gasteiger partial charge in [0.05, 0.1) is 0 Å². The van der Waals surface area contributed by atoms with E-state index in [0.29, 0.717) is 37.4 Å². The Kier molecular flexibility index (Phi) is 5.14. The van der Waals surface area contributed by atoms with Crippen molar-refractivity contribution in [1.29, 1.82) is 0 Å². The number of hydrogen-bond acceptors (Lipinski definition) is 4. The third-order valence-corrected chi connectivity index (χ3v) is 7.22. The zero-order valence-corrected chi connectivity index (χ0v) is 17.4. The predicted octanol–water partition coefficient (Wildman–Crippen LogP) is 2.42. The molecule has 7 nitrogen and oxygen atoms in total. The Hall–Kier alpha value is -2.71. The number of sulfonamides is 1. The topological polar surface area (TPSA) is 75.5 Å². The summed E-state index contributed by atoms with van der Waals surface area (Å²) in [5.74, 6) is 0.584. The maximum atomic E-state index is 13.2. The third-order valence-electron chi connectivity index (χ3n) is 5.45. The molecule has 2 heterocycles. The fourth-order valence-corrected chi connectivity index (χ4v) is 5.20. The Morgan fingerprint density at radius 3 is 2.52 bits per heavy atom. The number of fused-ring (bicyclic) bond motifs is 1. The summed E-state index contributed by atoms with van der Waals surface area (Å²) in [4.78, 5) is 19.1. The van der Waals surface area contributed by atoms with Gasteiger partial charge in [-0.25, -0.2) is 13.4 Å². The van der Waals surface area contributed by atoms with Crippen molar-refractivity contribution in [3.63, 3.8) is 0 Å². The first-order valence-corrected chi connectivity index (χ1v) is 11.1. The van der Waals surface area contributed by atoms with Crippen LogP contribution in [0.25, 0.3) is 10.8 Å². The number of benzene rings is 2. The second-order valence-corrected chi connectivity index (χ2v) is 9.20. The SMILES string of the molecule is Cc1nc(S(=O)(=O)N2CCCN(C(=O)c3cccc4ccccc34)CC2)cn1C. The van der Waals surface area contributed by atoms with Gasteiger partial charge in [0, 0.05) is 45.0 Å². The van der Waals surface area contributed by atoms with Gasteiger partial charge >= 0.3 is 0 Å². The van der Waals surface area contributed by atoms with E-state index in [1.807, 2.05) is 42.5 Å². The van der Waals surface area contributed by atoms with Gasteiger partial charge in [-0.15, -0.1) is 0 Å². The Morgan fingerprint density at radius 2 is 1.76 bits per heavy atom. The van der Waals surface area contributed by atoms with Crippen LogP contribution in [0, 0.1) is 6.92 Å². The van der Waals surface area contributed by atoms with Crippen molar-refractivity contribution in [3.8, 4) is 0 Å². The number of nitrogens with zero attached hydrogens (tertiary/aromatic N) is 4. The van der Waals surface area contributed by atoms with E-state index in [1.165, 1.54) is 10.5 Å². The van der Waals surface area contributed by atoms with E-state index < -0.39 is 10.0 Å². The van der Waals surface area contributed by atoms with Crippen LogP contribution in [0.1, 0.15) is 22.6 Å². The Morgan fingerprint density at radius 1 is 1.00 bits per heavy atom. The van der Waals surface area contributed by atoms with Crippen LogP contribution in [-0.2, 0) is 17.1 Å². The summed E-state index contributed by atoms with van der Waals surface area (Å²) in [5.41, 5.74) is 0.653. The van der Waals surface area contributed by atoms with Crippen molar-refractivity contribution in [3.05, 3.63) is 60.0 Å². The third kappa shape index (κ3) is 3.65. The molecule has 0 atom stereocenters. The maximum Gasteiger partial charge on any atom is 0.262 e. The first kappa shape index (κ1) is 19.6. The number of imidazole rings is 1. The molecule has 1 aromatic heterocycles. The van der Waals surface area contributed by atoms with Gasteiger partial charge in [0.2, 0.25) is 0 Å². The van der Waals surface area contributed by atoms with E-state index in [9.17, 15) is 13.2 Å². The normalized spacial score (nSPS) is 16.1. The van der Waals surface area contributed by atoms with Crippen LogP contribution in [0.3, 0.4) is 0 Å². The molecule has 0 aliphatic carbocycles. The van der Waals surface area contributed by atoms with Crippen LogP contribution in [-0.4, -0.2) is 59.3 Å². The predicted molar refractivity (Wildman–Crippen MR) is 111 cm³/mol. The number of hydrogen-bond donors (Lipinski definition) is 0. The Labute approximate surface area is 170 Å². The first-order valence-electron chi connectivity index (χ1n) is 9.65. The summed E-state index contributed by atoms with van der Waals surface area (Å²) in [6.07, 6.45) is 2.12. The molecule has 0 unspecified atom stereocenters. The quantitative estimate of drug-likeness (QED) is 0.662. The van der Waals surface area contributed by atoms with Crippen LogP contribution in [0.2, 0.25) is 0 Å². The van der Waals surface area contributed by atoms with Gasteiger partial charge in [-0.1, -0.05) is 36.4 Å². The summed E-state index contributed by atoms with van der Waals surface area (Å²) in [7, 11) is -1.90. The highest BCUT2D eigenvalue weighted by molar-refractivity contribution is 7.89. The summed E-state index contributed by atoms with van der Waals surface area (Å²) in [6.45, 7) is 3.28. The molecule has 0 N–H and O–H groups in total. The average molecular weight is 413 g/mol. The molecular formula is C21H24N4O3S. The van der Waals surface area contributed by atoms with E-state index in [2.05, 4.69) is 4.98 Å². The van der Waals surface area contributed by atoms with E-state index in [1.54, 1.807) is 23.4 Å². The van der Waals surface area contributed by atoms with Crippen LogP contribution < -0.4 is 0 Å². The van der Waals surface area contributed by atoms with E-state index in [0.717, 1.165) is 10.8 Å². The highest BCUT2D eigenvalue weighted by Crippen LogP contribution is 2.22. The van der Waals surface area contributed by atoms with Crippen LogP contribution >= 0.6 is 0 Å². The number of aromatic nitrogens is 2. The number of carbonyl (C=O) groups excluding carboxylic acids is 1. The molecule has 1 aliphatic heterocycles. The first-order chi connectivity index (χ1) is 13.9. The van der Waals surface area contributed by atoms with E-state index in [-0.39, 0.29) is 17.5 Å². The molecule has 152 valence electrons. The van der Waals surface area contributed by atoms with Gasteiger partial charge in [-0.2, -0.15) is 4.31 Å². The minimum atomic E-state index is -3.67. The van der Waals surface area contributed by atoms with Crippen molar-refractivity contribution in [2.75, 3.05) is 26.2 Å². The lowest BCUT2D eigenvalue weighted by Gasteiger charge is -2.22. The van der Waals surface area contributed by atoms with E-state index >= 15 is 0 Å². The molecule has 0 radical (unpaired) electrons. The summed E-state index contributed by atoms with van der Waals surface area (Å²) >= 11 is 0. The van der Waals surface area contributed by atoms with Crippen molar-refractivity contribution >= 4 is 26.7 Å². The summed E-state index contributed by atoms with van der Waals surface area (Å²) in [5, 5.41) is 1.99. The Balaban J connectivity index is 1.55. The van der Waals surface area contributed by atoms with Crippen LogP contribution in [0.15, 0.2) is 53.7 Å². The zero-order valence-electron chi connectivity index (χ0n) is 16.6. The minimum absolute atomic E-state index is 0.0604. The van der Waals surface area contributed by atoms with Crippen LogP contribution in [0.4, 0.5) is 0 Å². The summed E-state index contributed by atoms with van der Waals surface area (Å²) in [6, 6.07) is 13.5. The molecule has 4 rings (SSSR count). The maximum absolute atomic E-state index is 13.2. The molecule has 1 fully saturated rings. The second kappa shape index (κ2) is 7.61. The molecule has 3 aromatic rings. The number of carbonyl (C=O) groups is 1. The van der Waals surface area contributed by atoms with Gasteiger partial charge in [-0.3, -0.25) is 4.79 Å². The second-order valence-electron chi connectivity index (χ2n) is 7.31. The molecule has 1 aliphatic rings. The molecule has 8 heteroatoms. The van der Waals surface area contributed by atoms with Crippen molar-refractivity contribution in [2.24, 2.45) is 7.05 Å². The Bertz CT molecular complexity index is 1140. The number of rotatable bonds is 3. The van der Waals surface area contributed by atoms with Gasteiger partial charge in [-0.05, 0) is 30.2 Å². The van der Waals surface area contributed by atoms with E-state index in [4.69, 9.17) is 0 Å². The lowest BCUT2D eigenvalue weighted by Crippen LogP contribution is -2.37. The smallest absolute Gasteiger partial charge is 0.262 e. The highest BCUT2D eigenvalue weighted by atomic mass is 32.2. The zero-order chi connectivity index (χ0) is 20.6. The lowest BCUT2D eigenvalue weighted by molar-refractivity contribution is 0.0766. The largest absolute Gasteiger partial charge is 0.337 e. The molecule has 0 bridgehead atoms.